The Morgan fingerprint density at radius 2 is 1.94 bits per heavy atom. The zero-order valence-electron chi connectivity index (χ0n) is 9.02. The fourth-order valence-electron chi connectivity index (χ4n) is 2.11. The highest BCUT2D eigenvalue weighted by atomic mass is 35.5. The monoisotopic (exact) mass is 250 g/mol. The normalized spacial score (nSPS) is 24.1. The van der Waals surface area contributed by atoms with E-state index in [1.165, 1.54) is 0 Å². The quantitative estimate of drug-likeness (QED) is 0.818. The molecule has 1 aliphatic heterocycles. The molecule has 88 valence electrons. The molecule has 1 heterocycles. The Labute approximate surface area is 104 Å². The van der Waals surface area contributed by atoms with Gasteiger partial charge in [-0.3, -0.25) is 4.79 Å². The zero-order valence-corrected chi connectivity index (χ0v) is 9.78. The van der Waals surface area contributed by atoms with Gasteiger partial charge in [0, 0.05) is 0 Å². The van der Waals surface area contributed by atoms with Crippen molar-refractivity contribution in [1.29, 1.82) is 0 Å². The van der Waals surface area contributed by atoms with Crippen molar-refractivity contribution in [3.8, 4) is 0 Å². The van der Waals surface area contributed by atoms with Gasteiger partial charge >= 0.3 is 6.03 Å². The van der Waals surface area contributed by atoms with E-state index in [0.29, 0.717) is 16.6 Å². The molecular weight excluding hydrogens is 240 g/mol. The van der Waals surface area contributed by atoms with Crippen LogP contribution in [0.3, 0.4) is 0 Å². The highest BCUT2D eigenvalue weighted by molar-refractivity contribution is 6.35. The van der Waals surface area contributed by atoms with Crippen LogP contribution in [-0.2, 0) is 4.79 Å². The molecule has 1 unspecified atom stereocenters. The summed E-state index contributed by atoms with van der Waals surface area (Å²) in [6, 6.07) is 6.13. The number of benzene rings is 1. The van der Waals surface area contributed by atoms with Crippen molar-refractivity contribution in [3.05, 3.63) is 29.3 Å². The van der Waals surface area contributed by atoms with Crippen LogP contribution in [0.25, 0.3) is 0 Å². The Kier molecular flexibility index (Phi) is 2.33. The molecule has 5 heteroatoms. The summed E-state index contributed by atoms with van der Waals surface area (Å²) in [5.74, 6) is 0.115. The molecule has 3 rings (SSSR count). The smallest absolute Gasteiger partial charge is 0.325 e. The summed E-state index contributed by atoms with van der Waals surface area (Å²) in [5, 5.41) is 3.13. The second-order valence-corrected chi connectivity index (χ2v) is 4.80. The largest absolute Gasteiger partial charge is 0.329 e. The first-order valence-corrected chi connectivity index (χ1v) is 5.95. The van der Waals surface area contributed by atoms with Gasteiger partial charge in [-0.25, -0.2) is 9.69 Å². The van der Waals surface area contributed by atoms with Crippen molar-refractivity contribution in [3.63, 3.8) is 0 Å². The van der Waals surface area contributed by atoms with Crippen molar-refractivity contribution >= 4 is 29.2 Å². The molecule has 4 nitrogen and oxygen atoms in total. The summed E-state index contributed by atoms with van der Waals surface area (Å²) >= 11 is 6.00. The van der Waals surface area contributed by atoms with Crippen LogP contribution in [0.15, 0.2) is 24.3 Å². The number of para-hydroxylation sites is 1. The number of urea groups is 1. The molecule has 1 N–H and O–H groups in total. The Balaban J connectivity index is 1.95. The predicted molar refractivity (Wildman–Crippen MR) is 64.0 cm³/mol. The highest BCUT2D eigenvalue weighted by Gasteiger charge is 2.47. The molecule has 0 spiro atoms. The molecule has 0 aromatic heterocycles. The van der Waals surface area contributed by atoms with Crippen molar-refractivity contribution in [1.82, 2.24) is 5.32 Å². The van der Waals surface area contributed by atoms with Crippen molar-refractivity contribution < 1.29 is 9.59 Å². The zero-order chi connectivity index (χ0) is 12.0. The fourth-order valence-corrected chi connectivity index (χ4v) is 2.33. The number of halogens is 1. The van der Waals surface area contributed by atoms with Crippen LogP contribution >= 0.6 is 11.6 Å². The third kappa shape index (κ3) is 1.69. The third-order valence-electron chi connectivity index (χ3n) is 3.16. The first kappa shape index (κ1) is 10.6. The molecular formula is C12H11ClN2O2. The van der Waals surface area contributed by atoms with Crippen molar-refractivity contribution in [2.24, 2.45) is 5.92 Å². The number of carbonyl (C=O) groups excluding carboxylic acids is 2. The number of carbonyl (C=O) groups is 2. The minimum absolute atomic E-state index is 0.189. The number of hydrogen-bond donors (Lipinski definition) is 1. The first-order valence-electron chi connectivity index (χ1n) is 5.57. The molecule has 0 bridgehead atoms. The average Bonchev–Trinajstić information content (AvgIpc) is 3.09. The van der Waals surface area contributed by atoms with E-state index in [1.54, 1.807) is 24.3 Å². The number of nitrogens with zero attached hydrogens (tertiary/aromatic N) is 1. The van der Waals surface area contributed by atoms with E-state index in [2.05, 4.69) is 5.32 Å². The van der Waals surface area contributed by atoms with Gasteiger partial charge in [-0.05, 0) is 30.9 Å². The molecule has 1 aromatic carbocycles. The molecule has 2 aliphatic rings. The Hall–Kier alpha value is -1.55. The van der Waals surface area contributed by atoms with Gasteiger partial charge in [0.1, 0.15) is 6.04 Å². The SMILES string of the molecule is O=C1NC(C2CC2)C(=O)N1c1ccccc1Cl. The minimum Gasteiger partial charge on any atom is -0.325 e. The fraction of sp³-hybridized carbons (Fsp3) is 0.333. The summed E-state index contributed by atoms with van der Waals surface area (Å²) in [5.41, 5.74) is 0.458. The standard InChI is InChI=1S/C12H11ClN2O2/c13-8-3-1-2-4-9(8)15-11(16)10(7-5-6-7)14-12(15)17/h1-4,7,10H,5-6H2,(H,14,17). The highest BCUT2D eigenvalue weighted by Crippen LogP contribution is 2.37. The molecule has 1 atom stereocenters. The van der Waals surface area contributed by atoms with Crippen molar-refractivity contribution in [2.75, 3.05) is 4.90 Å². The molecule has 0 radical (unpaired) electrons. The lowest BCUT2D eigenvalue weighted by Crippen LogP contribution is -2.32. The van der Waals surface area contributed by atoms with E-state index in [1.807, 2.05) is 0 Å². The summed E-state index contributed by atoms with van der Waals surface area (Å²) < 4.78 is 0. The maximum absolute atomic E-state index is 12.1. The lowest BCUT2D eigenvalue weighted by atomic mass is 10.2. The van der Waals surface area contributed by atoms with Gasteiger partial charge < -0.3 is 5.32 Å². The van der Waals surface area contributed by atoms with Gasteiger partial charge in [-0.1, -0.05) is 23.7 Å². The first-order chi connectivity index (χ1) is 8.18. The van der Waals surface area contributed by atoms with E-state index in [-0.39, 0.29) is 18.0 Å². The predicted octanol–water partition coefficient (Wildman–Crippen LogP) is 2.17. The number of nitrogens with one attached hydrogen (secondary N) is 1. The second kappa shape index (κ2) is 3.74. The van der Waals surface area contributed by atoms with Crippen LogP contribution < -0.4 is 10.2 Å². The van der Waals surface area contributed by atoms with Crippen LogP contribution in [0, 0.1) is 5.92 Å². The number of amides is 3. The van der Waals surface area contributed by atoms with Gasteiger partial charge in [0.05, 0.1) is 10.7 Å². The molecule has 3 amide bonds. The van der Waals surface area contributed by atoms with Crippen LogP contribution in [0.1, 0.15) is 12.8 Å². The number of rotatable bonds is 2. The molecule has 1 aliphatic carbocycles. The molecule has 1 saturated heterocycles. The minimum atomic E-state index is -0.375. The van der Waals surface area contributed by atoms with Gasteiger partial charge in [0.2, 0.25) is 0 Å². The summed E-state index contributed by atoms with van der Waals surface area (Å²) in [4.78, 5) is 25.1. The molecule has 2 fully saturated rings. The Bertz CT molecular complexity index is 499. The Morgan fingerprint density at radius 1 is 1.24 bits per heavy atom. The summed E-state index contributed by atoms with van der Waals surface area (Å²) in [7, 11) is 0. The van der Waals surface area contributed by atoms with E-state index in [9.17, 15) is 9.59 Å². The van der Waals surface area contributed by atoms with Crippen LogP contribution in [0.4, 0.5) is 10.5 Å². The third-order valence-corrected chi connectivity index (χ3v) is 3.47. The van der Waals surface area contributed by atoms with Gasteiger partial charge in [-0.2, -0.15) is 0 Å². The van der Waals surface area contributed by atoms with Crippen LogP contribution in [-0.4, -0.2) is 18.0 Å². The van der Waals surface area contributed by atoms with Crippen LogP contribution in [0.5, 0.6) is 0 Å². The van der Waals surface area contributed by atoms with E-state index >= 15 is 0 Å². The van der Waals surface area contributed by atoms with E-state index in [4.69, 9.17) is 11.6 Å². The average molecular weight is 251 g/mol. The maximum Gasteiger partial charge on any atom is 0.329 e. The Morgan fingerprint density at radius 3 is 2.59 bits per heavy atom. The van der Waals surface area contributed by atoms with Crippen molar-refractivity contribution in [2.45, 2.75) is 18.9 Å². The molecule has 17 heavy (non-hydrogen) atoms. The number of hydrogen-bond acceptors (Lipinski definition) is 2. The number of anilines is 1. The van der Waals surface area contributed by atoms with Crippen LogP contribution in [0.2, 0.25) is 5.02 Å². The topological polar surface area (TPSA) is 49.4 Å². The second-order valence-electron chi connectivity index (χ2n) is 4.39. The van der Waals surface area contributed by atoms with E-state index < -0.39 is 0 Å². The molecule has 1 aromatic rings. The summed E-state index contributed by atoms with van der Waals surface area (Å²) in [6.45, 7) is 0. The van der Waals surface area contributed by atoms with Gasteiger partial charge in [0.15, 0.2) is 0 Å². The lowest BCUT2D eigenvalue weighted by Gasteiger charge is -2.14. The number of imide groups is 1. The summed E-state index contributed by atoms with van der Waals surface area (Å²) in [6.07, 6.45) is 2.01. The molecule has 1 saturated carbocycles. The maximum atomic E-state index is 12.1. The van der Waals surface area contributed by atoms with Gasteiger partial charge in [-0.15, -0.1) is 0 Å². The lowest BCUT2D eigenvalue weighted by molar-refractivity contribution is -0.118. The van der Waals surface area contributed by atoms with E-state index in [0.717, 1.165) is 17.7 Å². The van der Waals surface area contributed by atoms with Gasteiger partial charge in [0.25, 0.3) is 5.91 Å².